The van der Waals surface area contributed by atoms with E-state index in [1.165, 1.54) is 38.8 Å². The molecule has 3 heteroatoms. The van der Waals surface area contributed by atoms with Gasteiger partial charge in [0.25, 0.3) is 0 Å². The molecule has 3 nitrogen and oxygen atoms in total. The zero-order valence-corrected chi connectivity index (χ0v) is 8.41. The van der Waals surface area contributed by atoms with E-state index >= 15 is 0 Å². The average Bonchev–Trinajstić information content (AvgIpc) is 2.42. The zero-order valence-electron chi connectivity index (χ0n) is 8.41. The van der Waals surface area contributed by atoms with Crippen LogP contribution in [-0.4, -0.2) is 42.3 Å². The van der Waals surface area contributed by atoms with E-state index in [-0.39, 0.29) is 6.10 Å². The maximum absolute atomic E-state index is 9.31. The smallest absolute Gasteiger partial charge is 0.0674 e. The van der Waals surface area contributed by atoms with Crippen molar-refractivity contribution in [2.75, 3.05) is 26.2 Å². The summed E-state index contributed by atoms with van der Waals surface area (Å²) in [7, 11) is 0. The summed E-state index contributed by atoms with van der Waals surface area (Å²) in [4.78, 5) is 2.45. The highest BCUT2D eigenvalue weighted by atomic mass is 16.3. The first-order chi connectivity index (χ1) is 6.33. The number of aliphatic hydroxyl groups is 1. The van der Waals surface area contributed by atoms with Crippen LogP contribution in [0.25, 0.3) is 0 Å². The Kier molecular flexibility index (Phi) is 5.35. The fourth-order valence-electron chi connectivity index (χ4n) is 1.81. The molecule has 0 spiro atoms. The third kappa shape index (κ3) is 4.60. The number of nitrogens with two attached hydrogens (primary N) is 1. The van der Waals surface area contributed by atoms with Gasteiger partial charge in [-0.25, -0.2) is 0 Å². The zero-order chi connectivity index (χ0) is 9.52. The highest BCUT2D eigenvalue weighted by molar-refractivity contribution is 4.66. The van der Waals surface area contributed by atoms with E-state index in [1.807, 2.05) is 0 Å². The fourth-order valence-corrected chi connectivity index (χ4v) is 1.81. The second-order valence-electron chi connectivity index (χ2n) is 3.93. The molecule has 78 valence electrons. The van der Waals surface area contributed by atoms with Crippen molar-refractivity contribution in [3.8, 4) is 0 Å². The lowest BCUT2D eigenvalue weighted by atomic mass is 10.2. The van der Waals surface area contributed by atoms with Crippen LogP contribution >= 0.6 is 0 Å². The van der Waals surface area contributed by atoms with E-state index in [0.717, 1.165) is 13.0 Å². The third-order valence-corrected chi connectivity index (χ3v) is 2.75. The summed E-state index contributed by atoms with van der Waals surface area (Å²) in [6.07, 6.45) is 5.91. The Bertz CT molecular complexity index is 122. The molecule has 0 aromatic heterocycles. The summed E-state index contributed by atoms with van der Waals surface area (Å²) in [5.41, 5.74) is 5.35. The van der Waals surface area contributed by atoms with Gasteiger partial charge < -0.3 is 15.7 Å². The molecule has 1 unspecified atom stereocenters. The Labute approximate surface area is 80.9 Å². The maximum atomic E-state index is 9.31. The number of hydrogen-bond acceptors (Lipinski definition) is 3. The van der Waals surface area contributed by atoms with Gasteiger partial charge >= 0.3 is 0 Å². The third-order valence-electron chi connectivity index (χ3n) is 2.75. The monoisotopic (exact) mass is 186 g/mol. The molecule has 1 rings (SSSR count). The van der Waals surface area contributed by atoms with Crippen molar-refractivity contribution >= 4 is 0 Å². The Morgan fingerprint density at radius 3 is 2.31 bits per heavy atom. The van der Waals surface area contributed by atoms with Crippen molar-refractivity contribution < 1.29 is 5.11 Å². The van der Waals surface area contributed by atoms with Gasteiger partial charge in [0, 0.05) is 13.1 Å². The van der Waals surface area contributed by atoms with Gasteiger partial charge in [-0.2, -0.15) is 0 Å². The molecule has 0 bridgehead atoms. The van der Waals surface area contributed by atoms with E-state index < -0.39 is 0 Å². The topological polar surface area (TPSA) is 49.5 Å². The van der Waals surface area contributed by atoms with Gasteiger partial charge in [-0.05, 0) is 32.4 Å². The largest absolute Gasteiger partial charge is 0.392 e. The Morgan fingerprint density at radius 1 is 1.15 bits per heavy atom. The van der Waals surface area contributed by atoms with E-state index in [2.05, 4.69) is 4.90 Å². The van der Waals surface area contributed by atoms with Gasteiger partial charge in [0.2, 0.25) is 0 Å². The van der Waals surface area contributed by atoms with Crippen LogP contribution in [-0.2, 0) is 0 Å². The quantitative estimate of drug-likeness (QED) is 0.675. The minimum atomic E-state index is -0.303. The first-order valence-electron chi connectivity index (χ1n) is 5.43. The van der Waals surface area contributed by atoms with Gasteiger partial charge in [0.05, 0.1) is 6.10 Å². The molecular weight excluding hydrogens is 164 g/mol. The van der Waals surface area contributed by atoms with Crippen LogP contribution in [0.3, 0.4) is 0 Å². The molecule has 0 amide bonds. The molecule has 1 aliphatic heterocycles. The first kappa shape index (κ1) is 11.0. The second kappa shape index (κ2) is 6.35. The predicted molar refractivity (Wildman–Crippen MR) is 54.6 cm³/mol. The van der Waals surface area contributed by atoms with E-state index in [1.54, 1.807) is 0 Å². The van der Waals surface area contributed by atoms with Crippen molar-refractivity contribution in [1.29, 1.82) is 0 Å². The number of aliphatic hydroxyl groups excluding tert-OH is 1. The first-order valence-corrected chi connectivity index (χ1v) is 5.43. The van der Waals surface area contributed by atoms with Crippen molar-refractivity contribution in [3.05, 3.63) is 0 Å². The second-order valence-corrected chi connectivity index (χ2v) is 3.93. The average molecular weight is 186 g/mol. The molecule has 0 aliphatic carbocycles. The highest BCUT2D eigenvalue weighted by Crippen LogP contribution is 2.10. The lowest BCUT2D eigenvalue weighted by molar-refractivity contribution is 0.148. The number of likely N-dealkylation sites (tertiary alicyclic amines) is 1. The van der Waals surface area contributed by atoms with Crippen LogP contribution in [0.15, 0.2) is 0 Å². The van der Waals surface area contributed by atoms with Gasteiger partial charge in [0.15, 0.2) is 0 Å². The number of nitrogens with zero attached hydrogens (tertiary/aromatic N) is 1. The molecule has 0 radical (unpaired) electrons. The number of rotatable bonds is 4. The molecule has 0 aromatic rings. The Hall–Kier alpha value is -0.120. The van der Waals surface area contributed by atoms with Crippen LogP contribution in [0.5, 0.6) is 0 Å². The Morgan fingerprint density at radius 2 is 1.77 bits per heavy atom. The molecule has 1 atom stereocenters. The summed E-state index contributed by atoms with van der Waals surface area (Å²) in [5, 5.41) is 9.31. The van der Waals surface area contributed by atoms with E-state index in [4.69, 9.17) is 5.73 Å². The van der Waals surface area contributed by atoms with Gasteiger partial charge in [-0.15, -0.1) is 0 Å². The molecular formula is C10H22N2O. The summed E-state index contributed by atoms with van der Waals surface area (Å²) in [6.45, 7) is 3.82. The van der Waals surface area contributed by atoms with Gasteiger partial charge in [-0.3, -0.25) is 0 Å². The van der Waals surface area contributed by atoms with Crippen LogP contribution in [0.1, 0.15) is 32.1 Å². The predicted octanol–water partition coefficient (Wildman–Crippen LogP) is 0.572. The van der Waals surface area contributed by atoms with Crippen molar-refractivity contribution in [3.63, 3.8) is 0 Å². The lowest BCUT2D eigenvalue weighted by Crippen LogP contribution is -2.30. The molecule has 3 N–H and O–H groups in total. The van der Waals surface area contributed by atoms with Gasteiger partial charge in [-0.1, -0.05) is 12.8 Å². The minimum Gasteiger partial charge on any atom is -0.392 e. The van der Waals surface area contributed by atoms with Crippen LogP contribution < -0.4 is 5.73 Å². The molecule has 1 saturated heterocycles. The number of hydrogen-bond donors (Lipinski definition) is 2. The van der Waals surface area contributed by atoms with E-state index in [9.17, 15) is 5.11 Å². The van der Waals surface area contributed by atoms with Gasteiger partial charge in [0.1, 0.15) is 0 Å². The van der Waals surface area contributed by atoms with Crippen LogP contribution in [0.4, 0.5) is 0 Å². The van der Waals surface area contributed by atoms with Crippen molar-refractivity contribution in [2.24, 2.45) is 5.73 Å². The standard InChI is InChI=1S/C10H22N2O/c11-9-10(13)5-8-12-6-3-1-2-4-7-12/h10,13H,1-9,11H2. The molecule has 0 aromatic carbocycles. The molecule has 1 heterocycles. The summed E-state index contributed by atoms with van der Waals surface area (Å²) < 4.78 is 0. The molecule has 13 heavy (non-hydrogen) atoms. The van der Waals surface area contributed by atoms with Crippen molar-refractivity contribution in [2.45, 2.75) is 38.2 Å². The molecule has 0 saturated carbocycles. The highest BCUT2D eigenvalue weighted by Gasteiger charge is 2.10. The fraction of sp³-hybridized carbons (Fsp3) is 1.00. The van der Waals surface area contributed by atoms with Crippen LogP contribution in [0.2, 0.25) is 0 Å². The lowest BCUT2D eigenvalue weighted by Gasteiger charge is -2.20. The van der Waals surface area contributed by atoms with E-state index in [0.29, 0.717) is 6.54 Å². The maximum Gasteiger partial charge on any atom is 0.0674 e. The minimum absolute atomic E-state index is 0.303. The summed E-state index contributed by atoms with van der Waals surface area (Å²) in [6, 6.07) is 0. The van der Waals surface area contributed by atoms with Crippen molar-refractivity contribution in [1.82, 2.24) is 4.90 Å². The summed E-state index contributed by atoms with van der Waals surface area (Å²) in [5.74, 6) is 0. The van der Waals surface area contributed by atoms with Crippen LogP contribution in [0, 0.1) is 0 Å². The Balaban J connectivity index is 2.11. The summed E-state index contributed by atoms with van der Waals surface area (Å²) >= 11 is 0. The molecule has 1 fully saturated rings. The normalized spacial score (nSPS) is 22.6. The molecule has 1 aliphatic rings. The SMILES string of the molecule is NCC(O)CCN1CCCCCC1.